The van der Waals surface area contributed by atoms with Crippen molar-refractivity contribution in [3.63, 3.8) is 0 Å². The second kappa shape index (κ2) is 8.97. The minimum Gasteiger partial charge on any atom is -0.383 e. The largest absolute Gasteiger partial charge is 0.383 e. The monoisotopic (exact) mass is 335 g/mol. The smallest absolute Gasteiger partial charge is 0.0680 e. The number of allylic oxidation sites excluding steroid dienone is 5. The second-order valence-corrected chi connectivity index (χ2v) is 6.38. The molecule has 1 atom stereocenters. The molecule has 2 heterocycles. The third-order valence-corrected chi connectivity index (χ3v) is 4.52. The SMILES string of the molecule is C=C/C=C(\C=C)CNC(=C)C1CCCN1C(=C)CC1=CNC(=C)C=C1. The Bertz CT molecular complexity index is 661. The summed E-state index contributed by atoms with van der Waals surface area (Å²) in [5, 5.41) is 6.59. The lowest BCUT2D eigenvalue weighted by atomic mass is 10.1. The molecule has 1 saturated heterocycles. The van der Waals surface area contributed by atoms with Gasteiger partial charge in [-0.1, -0.05) is 57.2 Å². The van der Waals surface area contributed by atoms with Crippen molar-refractivity contribution in [3.05, 3.63) is 97.7 Å². The van der Waals surface area contributed by atoms with Crippen LogP contribution < -0.4 is 10.6 Å². The minimum absolute atomic E-state index is 0.290. The van der Waals surface area contributed by atoms with Gasteiger partial charge in [0, 0.05) is 42.8 Å². The Balaban J connectivity index is 1.93. The number of hydrogen-bond acceptors (Lipinski definition) is 3. The third kappa shape index (κ3) is 5.15. The molecule has 0 saturated carbocycles. The lowest BCUT2D eigenvalue weighted by Crippen LogP contribution is -2.35. The van der Waals surface area contributed by atoms with E-state index in [9.17, 15) is 0 Å². The molecule has 25 heavy (non-hydrogen) atoms. The summed E-state index contributed by atoms with van der Waals surface area (Å²) < 4.78 is 0. The van der Waals surface area contributed by atoms with Crippen molar-refractivity contribution in [2.24, 2.45) is 0 Å². The first-order chi connectivity index (χ1) is 12.0. The zero-order chi connectivity index (χ0) is 18.2. The van der Waals surface area contributed by atoms with E-state index >= 15 is 0 Å². The van der Waals surface area contributed by atoms with E-state index in [4.69, 9.17) is 0 Å². The predicted octanol–water partition coefficient (Wildman–Crippen LogP) is 4.31. The molecule has 0 aliphatic carbocycles. The van der Waals surface area contributed by atoms with Crippen LogP contribution >= 0.6 is 0 Å². The summed E-state index contributed by atoms with van der Waals surface area (Å²) in [5.74, 6) is 0. The zero-order valence-corrected chi connectivity index (χ0v) is 15.1. The first kappa shape index (κ1) is 18.7. The van der Waals surface area contributed by atoms with Gasteiger partial charge in [-0.05, 0) is 30.1 Å². The maximum absolute atomic E-state index is 4.31. The van der Waals surface area contributed by atoms with Crippen LogP contribution in [0.4, 0.5) is 0 Å². The van der Waals surface area contributed by atoms with Crippen LogP contribution in [0.5, 0.6) is 0 Å². The summed E-state index contributed by atoms with van der Waals surface area (Å²) in [4.78, 5) is 2.37. The van der Waals surface area contributed by atoms with E-state index in [0.29, 0.717) is 12.6 Å². The summed E-state index contributed by atoms with van der Waals surface area (Å²) in [5.41, 5.74) is 5.39. The van der Waals surface area contributed by atoms with E-state index in [0.717, 1.165) is 48.5 Å². The van der Waals surface area contributed by atoms with Gasteiger partial charge < -0.3 is 15.5 Å². The highest BCUT2D eigenvalue weighted by Crippen LogP contribution is 2.28. The van der Waals surface area contributed by atoms with Crippen molar-refractivity contribution in [1.82, 2.24) is 15.5 Å². The van der Waals surface area contributed by atoms with Gasteiger partial charge in [0.1, 0.15) is 0 Å². The highest BCUT2D eigenvalue weighted by atomic mass is 15.2. The van der Waals surface area contributed by atoms with Crippen LogP contribution in [0.3, 0.4) is 0 Å². The molecule has 1 fully saturated rings. The average molecular weight is 335 g/mol. The average Bonchev–Trinajstić information content (AvgIpc) is 3.10. The standard InChI is InChI=1S/C22H29N3/c1-6-9-20(7-2)15-24-19(5)22-10-8-13-25(22)18(4)14-21-12-11-17(3)23-16-21/h6-7,9,11-12,16,22-24H,1-5,8,10,13-15H2/b20-9+. The van der Waals surface area contributed by atoms with Gasteiger partial charge in [-0.25, -0.2) is 0 Å². The first-order valence-corrected chi connectivity index (χ1v) is 8.69. The molecule has 2 rings (SSSR count). The van der Waals surface area contributed by atoms with Crippen LogP contribution in [0.1, 0.15) is 19.3 Å². The van der Waals surface area contributed by atoms with Crippen LogP contribution in [0.2, 0.25) is 0 Å². The highest BCUT2D eigenvalue weighted by molar-refractivity contribution is 5.34. The lowest BCUT2D eigenvalue weighted by molar-refractivity contribution is 0.339. The van der Waals surface area contributed by atoms with E-state index in [1.807, 2.05) is 24.4 Å². The number of nitrogens with one attached hydrogen (secondary N) is 2. The normalized spacial score (nSPS) is 19.9. The molecule has 0 spiro atoms. The second-order valence-electron chi connectivity index (χ2n) is 6.38. The molecule has 0 radical (unpaired) electrons. The minimum atomic E-state index is 0.290. The molecule has 3 nitrogen and oxygen atoms in total. The maximum atomic E-state index is 4.31. The number of nitrogens with zero attached hydrogens (tertiary/aromatic N) is 1. The summed E-state index contributed by atoms with van der Waals surface area (Å²) in [6.45, 7) is 21.8. The summed E-state index contributed by atoms with van der Waals surface area (Å²) >= 11 is 0. The van der Waals surface area contributed by atoms with Gasteiger partial charge in [-0.15, -0.1) is 0 Å². The number of likely N-dealkylation sites (tertiary alicyclic amines) is 1. The molecule has 3 heteroatoms. The van der Waals surface area contributed by atoms with Gasteiger partial charge in [-0.2, -0.15) is 0 Å². The lowest BCUT2D eigenvalue weighted by Gasteiger charge is -2.31. The zero-order valence-electron chi connectivity index (χ0n) is 15.1. The van der Waals surface area contributed by atoms with Crippen LogP contribution in [0.25, 0.3) is 0 Å². The van der Waals surface area contributed by atoms with E-state index in [2.05, 4.69) is 54.5 Å². The number of hydrogen-bond donors (Lipinski definition) is 2. The maximum Gasteiger partial charge on any atom is 0.0680 e. The van der Waals surface area contributed by atoms with Gasteiger partial charge in [0.15, 0.2) is 0 Å². The van der Waals surface area contributed by atoms with E-state index in [1.165, 1.54) is 5.57 Å². The molecule has 2 aliphatic heterocycles. The van der Waals surface area contributed by atoms with Crippen molar-refractivity contribution in [2.45, 2.75) is 25.3 Å². The molecular weight excluding hydrogens is 306 g/mol. The highest BCUT2D eigenvalue weighted by Gasteiger charge is 2.27. The Morgan fingerprint density at radius 1 is 1.32 bits per heavy atom. The van der Waals surface area contributed by atoms with E-state index < -0.39 is 0 Å². The molecule has 0 amide bonds. The van der Waals surface area contributed by atoms with Gasteiger partial charge in [0.05, 0.1) is 6.04 Å². The van der Waals surface area contributed by atoms with E-state index in [-0.39, 0.29) is 0 Å². The Hall–Kier alpha value is -2.68. The van der Waals surface area contributed by atoms with Crippen LogP contribution in [0, 0.1) is 0 Å². The van der Waals surface area contributed by atoms with E-state index in [1.54, 1.807) is 6.08 Å². The molecule has 132 valence electrons. The Morgan fingerprint density at radius 3 is 2.76 bits per heavy atom. The quantitative estimate of drug-likeness (QED) is 0.615. The third-order valence-electron chi connectivity index (χ3n) is 4.52. The number of dihydropyridines is 1. The Kier molecular flexibility index (Phi) is 6.70. The fourth-order valence-electron chi connectivity index (χ4n) is 3.13. The van der Waals surface area contributed by atoms with Gasteiger partial charge in [-0.3, -0.25) is 0 Å². The van der Waals surface area contributed by atoms with Crippen molar-refractivity contribution in [1.29, 1.82) is 0 Å². The summed E-state index contributed by atoms with van der Waals surface area (Å²) in [6.07, 6.45) is 14.8. The topological polar surface area (TPSA) is 27.3 Å². The van der Waals surface area contributed by atoms with Crippen molar-refractivity contribution < 1.29 is 0 Å². The fourth-order valence-corrected chi connectivity index (χ4v) is 3.13. The Morgan fingerprint density at radius 2 is 2.12 bits per heavy atom. The Labute approximate surface area is 152 Å². The van der Waals surface area contributed by atoms with Crippen LogP contribution in [-0.4, -0.2) is 24.0 Å². The first-order valence-electron chi connectivity index (χ1n) is 8.69. The molecule has 0 aromatic heterocycles. The predicted molar refractivity (Wildman–Crippen MR) is 109 cm³/mol. The fraction of sp³-hybridized carbons (Fsp3) is 0.273. The number of rotatable bonds is 9. The van der Waals surface area contributed by atoms with Crippen LogP contribution in [-0.2, 0) is 0 Å². The van der Waals surface area contributed by atoms with Crippen molar-refractivity contribution >= 4 is 0 Å². The molecule has 0 bridgehead atoms. The van der Waals surface area contributed by atoms with Crippen LogP contribution in [0.15, 0.2) is 97.7 Å². The van der Waals surface area contributed by atoms with Gasteiger partial charge in [0.25, 0.3) is 0 Å². The van der Waals surface area contributed by atoms with Gasteiger partial charge in [0.2, 0.25) is 0 Å². The van der Waals surface area contributed by atoms with Crippen molar-refractivity contribution in [3.8, 4) is 0 Å². The molecular formula is C22H29N3. The molecule has 2 aliphatic rings. The molecule has 1 unspecified atom stereocenters. The summed E-state index contributed by atoms with van der Waals surface area (Å²) in [6, 6.07) is 0.290. The molecule has 0 aromatic rings. The van der Waals surface area contributed by atoms with Gasteiger partial charge >= 0.3 is 0 Å². The van der Waals surface area contributed by atoms with Crippen molar-refractivity contribution in [2.75, 3.05) is 13.1 Å². The summed E-state index contributed by atoms with van der Waals surface area (Å²) in [7, 11) is 0. The molecule has 2 N–H and O–H groups in total. The molecule has 0 aromatic carbocycles.